The van der Waals surface area contributed by atoms with E-state index in [1.165, 1.54) is 11.8 Å². The van der Waals surface area contributed by atoms with E-state index in [-0.39, 0.29) is 5.91 Å². The van der Waals surface area contributed by atoms with Crippen LogP contribution in [0.2, 0.25) is 0 Å². The lowest BCUT2D eigenvalue weighted by molar-refractivity contribution is -0.120. The van der Waals surface area contributed by atoms with Crippen molar-refractivity contribution in [2.75, 3.05) is 0 Å². The van der Waals surface area contributed by atoms with Gasteiger partial charge < -0.3 is 11.1 Å². The molecule has 9 heavy (non-hydrogen) atoms. The van der Waals surface area contributed by atoms with E-state index in [0.29, 0.717) is 0 Å². The first kappa shape index (κ1) is 6.48. The van der Waals surface area contributed by atoms with Gasteiger partial charge in [0.15, 0.2) is 4.87 Å². The van der Waals surface area contributed by atoms with Crippen molar-refractivity contribution in [2.24, 2.45) is 5.73 Å². The smallest absolute Gasteiger partial charge is 0.253 e. The van der Waals surface area contributed by atoms with Gasteiger partial charge in [0.1, 0.15) is 0 Å². The molecule has 4 heteroatoms. The Bertz CT molecular complexity index is 158. The van der Waals surface area contributed by atoms with Gasteiger partial charge in [0, 0.05) is 6.20 Å². The number of nitrogens with two attached hydrogens (primary N) is 1. The maximum atomic E-state index is 10.6. The van der Waals surface area contributed by atoms with E-state index in [2.05, 4.69) is 5.32 Å². The average molecular weight is 144 g/mol. The van der Waals surface area contributed by atoms with Crippen LogP contribution in [0.1, 0.15) is 6.92 Å². The summed E-state index contributed by atoms with van der Waals surface area (Å²) < 4.78 is 0. The lowest BCUT2D eigenvalue weighted by Crippen LogP contribution is -2.45. The van der Waals surface area contributed by atoms with E-state index in [4.69, 9.17) is 5.73 Å². The fraction of sp³-hybridized carbons (Fsp3) is 0.400. The Kier molecular flexibility index (Phi) is 1.40. The molecule has 0 saturated carbocycles. The third-order valence-corrected chi connectivity index (χ3v) is 2.26. The third kappa shape index (κ3) is 1.03. The molecule has 0 aromatic carbocycles. The number of amides is 1. The van der Waals surface area contributed by atoms with Gasteiger partial charge in [-0.25, -0.2) is 0 Å². The lowest BCUT2D eigenvalue weighted by Gasteiger charge is -2.18. The van der Waals surface area contributed by atoms with Crippen molar-refractivity contribution in [3.05, 3.63) is 11.6 Å². The molecule has 1 atom stereocenters. The highest BCUT2D eigenvalue weighted by molar-refractivity contribution is 8.04. The van der Waals surface area contributed by atoms with Gasteiger partial charge in [0.25, 0.3) is 5.91 Å². The standard InChI is InChI=1S/C5H8N2OS/c1-5(4(6)8)7-2-3-9-5/h2-3,7H,1H3,(H2,6,8). The van der Waals surface area contributed by atoms with Crippen LogP contribution in [0.4, 0.5) is 0 Å². The maximum Gasteiger partial charge on any atom is 0.253 e. The fourth-order valence-electron chi connectivity index (χ4n) is 0.526. The van der Waals surface area contributed by atoms with Crippen LogP contribution in [0.5, 0.6) is 0 Å². The number of thioether (sulfide) groups is 1. The predicted octanol–water partition coefficient (Wildman–Crippen LogP) is -0.00450. The van der Waals surface area contributed by atoms with Crippen LogP contribution in [0.15, 0.2) is 11.6 Å². The van der Waals surface area contributed by atoms with Gasteiger partial charge in [-0.1, -0.05) is 11.8 Å². The molecule has 1 unspecified atom stereocenters. The first-order valence-electron chi connectivity index (χ1n) is 2.55. The molecule has 1 rings (SSSR count). The maximum absolute atomic E-state index is 10.6. The van der Waals surface area contributed by atoms with Gasteiger partial charge in [-0.2, -0.15) is 0 Å². The zero-order valence-corrected chi connectivity index (χ0v) is 5.87. The van der Waals surface area contributed by atoms with E-state index >= 15 is 0 Å². The van der Waals surface area contributed by atoms with Crippen molar-refractivity contribution in [3.63, 3.8) is 0 Å². The van der Waals surface area contributed by atoms with Crippen molar-refractivity contribution < 1.29 is 4.79 Å². The normalized spacial score (nSPS) is 32.1. The number of primary amides is 1. The minimum atomic E-state index is -0.611. The zero-order chi connectivity index (χ0) is 6.91. The van der Waals surface area contributed by atoms with E-state index in [9.17, 15) is 4.79 Å². The van der Waals surface area contributed by atoms with Crippen molar-refractivity contribution in [3.8, 4) is 0 Å². The highest BCUT2D eigenvalue weighted by Crippen LogP contribution is 2.26. The van der Waals surface area contributed by atoms with Crippen molar-refractivity contribution in [2.45, 2.75) is 11.8 Å². The summed E-state index contributed by atoms with van der Waals surface area (Å²) in [6.07, 6.45) is 1.72. The van der Waals surface area contributed by atoms with Gasteiger partial charge in [0.05, 0.1) is 0 Å². The Hall–Kier alpha value is -0.640. The summed E-state index contributed by atoms with van der Waals surface area (Å²) in [6, 6.07) is 0. The van der Waals surface area contributed by atoms with Crippen LogP contribution in [0.25, 0.3) is 0 Å². The van der Waals surface area contributed by atoms with E-state index in [1.54, 1.807) is 13.1 Å². The van der Waals surface area contributed by atoms with Crippen LogP contribution >= 0.6 is 11.8 Å². The Morgan fingerprint density at radius 1 is 1.89 bits per heavy atom. The number of rotatable bonds is 1. The Labute approximate surface area is 57.7 Å². The van der Waals surface area contributed by atoms with Crippen LogP contribution < -0.4 is 11.1 Å². The van der Waals surface area contributed by atoms with Crippen molar-refractivity contribution in [1.29, 1.82) is 0 Å². The minimum absolute atomic E-state index is 0.336. The summed E-state index contributed by atoms with van der Waals surface area (Å²) in [5.41, 5.74) is 5.07. The van der Waals surface area contributed by atoms with E-state index < -0.39 is 4.87 Å². The number of nitrogens with one attached hydrogen (secondary N) is 1. The monoisotopic (exact) mass is 144 g/mol. The molecule has 3 nitrogen and oxygen atoms in total. The minimum Gasteiger partial charge on any atom is -0.369 e. The third-order valence-electron chi connectivity index (χ3n) is 1.20. The van der Waals surface area contributed by atoms with Crippen LogP contribution in [-0.4, -0.2) is 10.8 Å². The van der Waals surface area contributed by atoms with Crippen LogP contribution in [0, 0.1) is 0 Å². The number of hydrogen-bond donors (Lipinski definition) is 2. The summed E-state index contributed by atoms with van der Waals surface area (Å²) in [7, 11) is 0. The molecule has 1 aliphatic rings. The number of hydrogen-bond acceptors (Lipinski definition) is 3. The lowest BCUT2D eigenvalue weighted by atomic mass is 10.3. The molecule has 3 N–H and O–H groups in total. The first-order valence-corrected chi connectivity index (χ1v) is 3.43. The topological polar surface area (TPSA) is 55.1 Å². The van der Waals surface area contributed by atoms with Gasteiger partial charge in [-0.15, -0.1) is 0 Å². The summed E-state index contributed by atoms with van der Waals surface area (Å²) in [6.45, 7) is 1.75. The second-order valence-electron chi connectivity index (χ2n) is 1.96. The molecule has 0 radical (unpaired) electrons. The Balaban J connectivity index is 2.66. The Morgan fingerprint density at radius 3 is 2.78 bits per heavy atom. The molecule has 0 aliphatic carbocycles. The molecule has 0 spiro atoms. The fourth-order valence-corrected chi connectivity index (χ4v) is 1.19. The summed E-state index contributed by atoms with van der Waals surface area (Å²) in [5, 5.41) is 4.65. The van der Waals surface area contributed by atoms with Crippen LogP contribution in [0.3, 0.4) is 0 Å². The van der Waals surface area contributed by atoms with Crippen molar-refractivity contribution in [1.82, 2.24) is 5.32 Å². The largest absolute Gasteiger partial charge is 0.369 e. The van der Waals surface area contributed by atoms with E-state index in [1.807, 2.05) is 5.41 Å². The number of carbonyl (C=O) groups is 1. The van der Waals surface area contributed by atoms with Crippen LogP contribution in [-0.2, 0) is 4.79 Å². The highest BCUT2D eigenvalue weighted by atomic mass is 32.2. The van der Waals surface area contributed by atoms with Gasteiger partial charge in [-0.05, 0) is 12.3 Å². The molecule has 1 aliphatic heterocycles. The second-order valence-corrected chi connectivity index (χ2v) is 3.29. The molecule has 50 valence electrons. The molecular formula is C5H8N2OS. The molecule has 0 bridgehead atoms. The van der Waals surface area contributed by atoms with E-state index in [0.717, 1.165) is 0 Å². The quantitative estimate of drug-likeness (QED) is 0.544. The summed E-state index contributed by atoms with van der Waals surface area (Å²) >= 11 is 1.39. The molecule has 1 heterocycles. The SMILES string of the molecule is CC1(C(N)=O)NC=CS1. The second kappa shape index (κ2) is 1.95. The molecular weight excluding hydrogens is 136 g/mol. The van der Waals surface area contributed by atoms with Gasteiger partial charge in [0.2, 0.25) is 0 Å². The summed E-state index contributed by atoms with van der Waals surface area (Å²) in [5.74, 6) is -0.336. The molecule has 0 saturated heterocycles. The van der Waals surface area contributed by atoms with Crippen molar-refractivity contribution >= 4 is 17.7 Å². The Morgan fingerprint density at radius 2 is 2.56 bits per heavy atom. The first-order chi connectivity index (χ1) is 4.15. The molecule has 0 aromatic rings. The molecule has 1 amide bonds. The zero-order valence-electron chi connectivity index (χ0n) is 5.05. The summed E-state index contributed by atoms with van der Waals surface area (Å²) in [4.78, 5) is 10.0. The van der Waals surface area contributed by atoms with Gasteiger partial charge in [-0.3, -0.25) is 4.79 Å². The molecule has 0 fully saturated rings. The van der Waals surface area contributed by atoms with Gasteiger partial charge >= 0.3 is 0 Å². The highest BCUT2D eigenvalue weighted by Gasteiger charge is 2.31. The predicted molar refractivity (Wildman–Crippen MR) is 37.5 cm³/mol. The average Bonchev–Trinajstić information content (AvgIpc) is 2.16. The number of carbonyl (C=O) groups excluding carboxylic acids is 1. The molecule has 0 aromatic heterocycles.